The van der Waals surface area contributed by atoms with Crippen LogP contribution in [-0.2, 0) is 17.0 Å². The van der Waals surface area contributed by atoms with Crippen LogP contribution in [-0.4, -0.2) is 26.5 Å². The topological polar surface area (TPSA) is 76.2 Å². The monoisotopic (exact) mass is 286 g/mol. The van der Waals surface area contributed by atoms with Crippen molar-refractivity contribution in [1.29, 1.82) is 0 Å². The van der Waals surface area contributed by atoms with Gasteiger partial charge in [0, 0.05) is 6.42 Å². The second kappa shape index (κ2) is 6.41. The van der Waals surface area contributed by atoms with Gasteiger partial charge in [0.15, 0.2) is 5.82 Å². The van der Waals surface area contributed by atoms with Gasteiger partial charge in [-0.15, -0.1) is 0 Å². The molecule has 1 aromatic rings. The molecule has 1 unspecified atom stereocenters. The summed E-state index contributed by atoms with van der Waals surface area (Å²) in [6, 6.07) is 0. The minimum atomic E-state index is -0.880. The van der Waals surface area contributed by atoms with E-state index < -0.39 is 11.4 Å². The van der Waals surface area contributed by atoms with E-state index in [4.69, 9.17) is 4.52 Å². The van der Waals surface area contributed by atoms with Gasteiger partial charge < -0.3 is 9.63 Å². The highest BCUT2D eigenvalue weighted by Crippen LogP contribution is 2.31. The molecule has 108 valence electrons. The van der Waals surface area contributed by atoms with Crippen LogP contribution in [0.25, 0.3) is 0 Å². The van der Waals surface area contributed by atoms with Crippen molar-refractivity contribution in [3.63, 3.8) is 0 Å². The number of carboxylic acid groups (broad SMARTS) is 1. The lowest BCUT2D eigenvalue weighted by Gasteiger charge is -2.27. The summed E-state index contributed by atoms with van der Waals surface area (Å²) >= 11 is 1.73. The van der Waals surface area contributed by atoms with E-state index in [1.54, 1.807) is 18.7 Å². The maximum Gasteiger partial charge on any atom is 0.310 e. The molecule has 1 aromatic heterocycles. The van der Waals surface area contributed by atoms with Gasteiger partial charge in [-0.3, -0.25) is 4.79 Å². The summed E-state index contributed by atoms with van der Waals surface area (Å²) in [5, 5.41) is 13.7. The summed E-state index contributed by atoms with van der Waals surface area (Å²) in [7, 11) is 0. The maximum absolute atomic E-state index is 11.4. The Morgan fingerprint density at radius 3 is 2.53 bits per heavy atom. The third-order valence-electron chi connectivity index (χ3n) is 3.34. The van der Waals surface area contributed by atoms with E-state index in [1.807, 2.05) is 13.8 Å². The first-order chi connectivity index (χ1) is 8.75. The normalized spacial score (nSPS) is 14.9. The number of aromatic nitrogens is 2. The number of carboxylic acids is 1. The molecule has 0 saturated heterocycles. The van der Waals surface area contributed by atoms with E-state index in [0.29, 0.717) is 22.7 Å². The van der Waals surface area contributed by atoms with E-state index in [9.17, 15) is 9.90 Å². The fraction of sp³-hybridized carbons (Fsp3) is 0.769. The maximum atomic E-state index is 11.4. The number of hydrogen-bond donors (Lipinski definition) is 1. The first-order valence-corrected chi connectivity index (χ1v) is 7.47. The SMILES string of the molecule is CC(C)SCc1noc(CC(C)(C(=O)O)C(C)C)n1. The van der Waals surface area contributed by atoms with E-state index >= 15 is 0 Å². The van der Waals surface area contributed by atoms with E-state index in [0.717, 1.165) is 0 Å². The Balaban J connectivity index is 2.74. The summed E-state index contributed by atoms with van der Waals surface area (Å²) in [6.45, 7) is 9.70. The molecule has 0 aromatic carbocycles. The van der Waals surface area contributed by atoms with Crippen LogP contribution in [0.4, 0.5) is 0 Å². The molecular formula is C13H22N2O3S. The zero-order chi connectivity index (χ0) is 14.6. The van der Waals surface area contributed by atoms with Crippen LogP contribution in [0.15, 0.2) is 4.52 Å². The average Bonchev–Trinajstić information content (AvgIpc) is 2.73. The molecule has 0 amide bonds. The molecule has 0 aliphatic rings. The van der Waals surface area contributed by atoms with Crippen LogP contribution < -0.4 is 0 Å². The molecule has 0 fully saturated rings. The molecule has 0 aliphatic heterocycles. The first-order valence-electron chi connectivity index (χ1n) is 6.42. The lowest BCUT2D eigenvalue weighted by molar-refractivity contribution is -0.150. The molecule has 0 aliphatic carbocycles. The molecule has 0 saturated carbocycles. The van der Waals surface area contributed by atoms with Crippen LogP contribution in [0, 0.1) is 11.3 Å². The minimum absolute atomic E-state index is 0.00890. The lowest BCUT2D eigenvalue weighted by atomic mass is 9.76. The van der Waals surface area contributed by atoms with Crippen molar-refractivity contribution in [2.45, 2.75) is 52.0 Å². The number of aliphatic carboxylic acids is 1. The summed E-state index contributed by atoms with van der Waals surface area (Å²) in [5.41, 5.74) is -0.880. The highest BCUT2D eigenvalue weighted by molar-refractivity contribution is 7.99. The van der Waals surface area contributed by atoms with Crippen molar-refractivity contribution in [3.05, 3.63) is 11.7 Å². The van der Waals surface area contributed by atoms with Crippen LogP contribution in [0.3, 0.4) is 0 Å². The number of rotatable bonds is 7. The Kier molecular flexibility index (Phi) is 5.40. The molecule has 1 heterocycles. The van der Waals surface area contributed by atoms with Gasteiger partial charge in [0.2, 0.25) is 5.89 Å². The summed E-state index contributed by atoms with van der Waals surface area (Å²) in [4.78, 5) is 15.7. The van der Waals surface area contributed by atoms with Crippen LogP contribution >= 0.6 is 11.8 Å². The molecule has 1 rings (SSSR count). The van der Waals surface area contributed by atoms with E-state index in [-0.39, 0.29) is 12.3 Å². The third-order valence-corrected chi connectivity index (χ3v) is 4.43. The number of thioether (sulfide) groups is 1. The zero-order valence-corrected chi connectivity index (χ0v) is 13.0. The summed E-state index contributed by atoms with van der Waals surface area (Å²) < 4.78 is 5.16. The van der Waals surface area contributed by atoms with Crippen molar-refractivity contribution in [3.8, 4) is 0 Å². The van der Waals surface area contributed by atoms with Crippen molar-refractivity contribution in [1.82, 2.24) is 10.1 Å². The smallest absolute Gasteiger partial charge is 0.310 e. The molecule has 0 spiro atoms. The standard InChI is InChI=1S/C13H22N2O3S/c1-8(2)13(5,12(16)17)6-11-14-10(15-18-11)7-19-9(3)4/h8-9H,6-7H2,1-5H3,(H,16,17). The van der Waals surface area contributed by atoms with Gasteiger partial charge in [-0.25, -0.2) is 0 Å². The minimum Gasteiger partial charge on any atom is -0.481 e. The Morgan fingerprint density at radius 2 is 2.05 bits per heavy atom. The van der Waals surface area contributed by atoms with Gasteiger partial charge in [-0.2, -0.15) is 16.7 Å². The lowest BCUT2D eigenvalue weighted by Crippen LogP contribution is -2.35. The molecular weight excluding hydrogens is 264 g/mol. The second-order valence-electron chi connectivity index (χ2n) is 5.52. The van der Waals surface area contributed by atoms with Crippen molar-refractivity contribution >= 4 is 17.7 Å². The predicted molar refractivity (Wildman–Crippen MR) is 75.0 cm³/mol. The van der Waals surface area contributed by atoms with Crippen LogP contribution in [0.1, 0.15) is 46.3 Å². The van der Waals surface area contributed by atoms with Gasteiger partial charge in [-0.05, 0) is 18.1 Å². The van der Waals surface area contributed by atoms with Gasteiger partial charge >= 0.3 is 5.97 Å². The average molecular weight is 286 g/mol. The molecule has 5 nitrogen and oxygen atoms in total. The fourth-order valence-electron chi connectivity index (χ4n) is 1.50. The Bertz CT molecular complexity index is 431. The fourth-order valence-corrected chi connectivity index (χ4v) is 2.10. The molecule has 1 atom stereocenters. The van der Waals surface area contributed by atoms with Gasteiger partial charge in [-0.1, -0.05) is 32.9 Å². The highest BCUT2D eigenvalue weighted by atomic mass is 32.2. The van der Waals surface area contributed by atoms with E-state index in [2.05, 4.69) is 24.0 Å². The second-order valence-corrected chi connectivity index (χ2v) is 7.08. The highest BCUT2D eigenvalue weighted by Gasteiger charge is 2.38. The molecule has 6 heteroatoms. The van der Waals surface area contributed by atoms with Gasteiger partial charge in [0.25, 0.3) is 0 Å². The molecule has 1 N–H and O–H groups in total. The Hall–Kier alpha value is -1.04. The summed E-state index contributed by atoms with van der Waals surface area (Å²) in [5.74, 6) is 0.874. The van der Waals surface area contributed by atoms with Crippen molar-refractivity contribution in [2.24, 2.45) is 11.3 Å². The first kappa shape index (κ1) is 16.0. The van der Waals surface area contributed by atoms with Crippen LogP contribution in [0.5, 0.6) is 0 Å². The molecule has 19 heavy (non-hydrogen) atoms. The largest absolute Gasteiger partial charge is 0.481 e. The van der Waals surface area contributed by atoms with Gasteiger partial charge in [0.05, 0.1) is 11.2 Å². The van der Waals surface area contributed by atoms with Crippen LogP contribution in [0.2, 0.25) is 0 Å². The number of hydrogen-bond acceptors (Lipinski definition) is 5. The van der Waals surface area contributed by atoms with Crippen molar-refractivity contribution in [2.75, 3.05) is 0 Å². The van der Waals surface area contributed by atoms with Crippen molar-refractivity contribution < 1.29 is 14.4 Å². The van der Waals surface area contributed by atoms with E-state index in [1.165, 1.54) is 0 Å². The Morgan fingerprint density at radius 1 is 1.42 bits per heavy atom. The molecule has 0 bridgehead atoms. The zero-order valence-electron chi connectivity index (χ0n) is 12.1. The number of carbonyl (C=O) groups is 1. The quantitative estimate of drug-likeness (QED) is 0.830. The predicted octanol–water partition coefficient (Wildman–Crippen LogP) is 3.00. The summed E-state index contributed by atoms with van der Waals surface area (Å²) in [6.07, 6.45) is 0.263. The number of nitrogens with zero attached hydrogens (tertiary/aromatic N) is 2. The van der Waals surface area contributed by atoms with Gasteiger partial charge in [0.1, 0.15) is 0 Å². The third kappa shape index (κ3) is 4.23. The Labute approximate surface area is 118 Å². The molecule has 0 radical (unpaired) electrons.